The van der Waals surface area contributed by atoms with Crippen LogP contribution in [0.5, 0.6) is 0 Å². The van der Waals surface area contributed by atoms with Crippen LogP contribution in [0.4, 0.5) is 5.69 Å². The number of Topliss-reactive ketones (excluding diaryl/α,β-unsaturated/α-hetero) is 1. The number of hydrogen-bond acceptors (Lipinski definition) is 4. The van der Waals surface area contributed by atoms with Crippen LogP contribution >= 0.6 is 0 Å². The predicted octanol–water partition coefficient (Wildman–Crippen LogP) is 2.07. The molecule has 0 saturated carbocycles. The fourth-order valence-corrected chi connectivity index (χ4v) is 3.83. The summed E-state index contributed by atoms with van der Waals surface area (Å²) in [4.78, 5) is 29.3. The van der Waals surface area contributed by atoms with Gasteiger partial charge >= 0.3 is 0 Å². The molecule has 0 atom stereocenters. The molecule has 2 aromatic heterocycles. The van der Waals surface area contributed by atoms with Crippen LogP contribution in [0.3, 0.4) is 0 Å². The van der Waals surface area contributed by atoms with Crippen LogP contribution in [-0.2, 0) is 24.2 Å². The molecule has 5 heteroatoms. The number of aromatic nitrogens is 2. The number of carbonyl (C=O) groups excluding carboxylic acids is 1. The number of carbonyl (C=O) groups is 1. The smallest absolute Gasteiger partial charge is 0.254 e. The third-order valence-corrected chi connectivity index (χ3v) is 5.02. The average molecular weight is 317 g/mol. The number of nitrogens with two attached hydrogens (primary N) is 1. The first-order valence-corrected chi connectivity index (χ1v) is 8.07. The molecule has 5 nitrogen and oxygen atoms in total. The minimum atomic E-state index is 0.0246. The second kappa shape index (κ2) is 4.54. The molecule has 0 radical (unpaired) electrons. The molecule has 0 bridgehead atoms. The fraction of sp³-hybridized carbons (Fsp3) is 0.211. The van der Waals surface area contributed by atoms with E-state index in [0.717, 1.165) is 39.0 Å². The Kier molecular flexibility index (Phi) is 2.55. The van der Waals surface area contributed by atoms with E-state index in [0.29, 0.717) is 31.5 Å². The summed E-state index contributed by atoms with van der Waals surface area (Å²) in [5, 5.41) is 0.981. The topological polar surface area (TPSA) is 78.0 Å². The maximum atomic E-state index is 12.8. The highest BCUT2D eigenvalue weighted by Gasteiger charge is 2.27. The van der Waals surface area contributed by atoms with E-state index in [9.17, 15) is 9.59 Å². The second-order valence-corrected chi connectivity index (χ2v) is 6.59. The first-order valence-electron chi connectivity index (χ1n) is 8.07. The van der Waals surface area contributed by atoms with Crippen molar-refractivity contribution in [2.75, 3.05) is 5.73 Å². The molecule has 24 heavy (non-hydrogen) atoms. The van der Waals surface area contributed by atoms with E-state index in [2.05, 4.69) is 6.07 Å². The lowest BCUT2D eigenvalue weighted by molar-refractivity contribution is -0.118. The van der Waals surface area contributed by atoms with Gasteiger partial charge in [0.15, 0.2) is 0 Å². The minimum Gasteiger partial charge on any atom is -0.399 e. The zero-order valence-electron chi connectivity index (χ0n) is 13.0. The third kappa shape index (κ3) is 1.78. The zero-order valence-corrected chi connectivity index (χ0v) is 13.0. The van der Waals surface area contributed by atoms with Crippen molar-refractivity contribution in [1.29, 1.82) is 0 Å². The van der Waals surface area contributed by atoms with Gasteiger partial charge in [-0.2, -0.15) is 0 Å². The highest BCUT2D eigenvalue weighted by molar-refractivity contribution is 5.87. The van der Waals surface area contributed by atoms with Gasteiger partial charge in [0.2, 0.25) is 0 Å². The van der Waals surface area contributed by atoms with Crippen molar-refractivity contribution in [3.05, 3.63) is 57.4 Å². The van der Waals surface area contributed by atoms with Gasteiger partial charge in [0.25, 0.3) is 5.56 Å². The Morgan fingerprint density at radius 3 is 2.79 bits per heavy atom. The van der Waals surface area contributed by atoms with Gasteiger partial charge in [0.1, 0.15) is 5.78 Å². The van der Waals surface area contributed by atoms with Crippen LogP contribution in [0.25, 0.3) is 22.3 Å². The van der Waals surface area contributed by atoms with Crippen LogP contribution in [0.1, 0.15) is 23.1 Å². The SMILES string of the molecule is Nc1ccc2nc3c(cc2c1)Cn1c-3cc2c(c1=O)CCC(=O)C2. The molecule has 0 unspecified atom stereocenters. The quantitative estimate of drug-likeness (QED) is 0.504. The van der Waals surface area contributed by atoms with Crippen molar-refractivity contribution >= 4 is 22.4 Å². The Morgan fingerprint density at radius 2 is 1.92 bits per heavy atom. The molecular formula is C19H15N3O2. The number of nitrogen functional groups attached to an aromatic ring is 1. The van der Waals surface area contributed by atoms with Crippen molar-refractivity contribution in [2.45, 2.75) is 25.8 Å². The Hall–Kier alpha value is -2.95. The molecule has 1 aliphatic carbocycles. The van der Waals surface area contributed by atoms with Crippen molar-refractivity contribution < 1.29 is 4.79 Å². The Bertz CT molecular complexity index is 1110. The Balaban J connectivity index is 1.77. The normalized spacial score (nSPS) is 15.2. The van der Waals surface area contributed by atoms with Crippen molar-refractivity contribution in [1.82, 2.24) is 9.55 Å². The van der Waals surface area contributed by atoms with Gasteiger partial charge in [-0.25, -0.2) is 4.98 Å². The summed E-state index contributed by atoms with van der Waals surface area (Å²) >= 11 is 0. The number of hydrogen-bond donors (Lipinski definition) is 1. The Labute approximate surface area is 137 Å². The predicted molar refractivity (Wildman–Crippen MR) is 92.0 cm³/mol. The number of rotatable bonds is 0. The van der Waals surface area contributed by atoms with Gasteiger partial charge in [-0.05, 0) is 42.3 Å². The van der Waals surface area contributed by atoms with E-state index >= 15 is 0 Å². The molecule has 1 aromatic carbocycles. The molecule has 2 N–H and O–H groups in total. The molecule has 0 amide bonds. The summed E-state index contributed by atoms with van der Waals surface area (Å²) in [7, 11) is 0. The van der Waals surface area contributed by atoms with Crippen LogP contribution in [0.2, 0.25) is 0 Å². The van der Waals surface area contributed by atoms with Crippen molar-refractivity contribution in [3.8, 4) is 11.4 Å². The first-order chi connectivity index (χ1) is 11.6. The Morgan fingerprint density at radius 1 is 1.04 bits per heavy atom. The standard InChI is InChI=1S/C19H15N3O2/c20-13-1-4-16-11(6-13)5-12-9-22-17(18(12)21-16)8-10-7-14(23)2-3-15(10)19(22)24/h1,4-6,8H,2-3,7,9,20H2. The highest BCUT2D eigenvalue weighted by Crippen LogP contribution is 2.33. The molecular weight excluding hydrogens is 302 g/mol. The molecule has 1 aliphatic heterocycles. The molecule has 0 spiro atoms. The lowest BCUT2D eigenvalue weighted by Gasteiger charge is -2.16. The van der Waals surface area contributed by atoms with Gasteiger partial charge in [-0.3, -0.25) is 9.59 Å². The van der Waals surface area contributed by atoms with Gasteiger partial charge in [0, 0.05) is 35.0 Å². The maximum Gasteiger partial charge on any atom is 0.254 e. The molecule has 0 saturated heterocycles. The number of pyridine rings is 2. The summed E-state index contributed by atoms with van der Waals surface area (Å²) in [6, 6.07) is 9.67. The van der Waals surface area contributed by atoms with E-state index in [4.69, 9.17) is 10.7 Å². The zero-order chi connectivity index (χ0) is 16.4. The average Bonchev–Trinajstić information content (AvgIpc) is 2.90. The van der Waals surface area contributed by atoms with E-state index in [1.165, 1.54) is 0 Å². The number of nitrogens with zero attached hydrogens (tertiary/aromatic N) is 2. The minimum absolute atomic E-state index is 0.0246. The molecule has 5 rings (SSSR count). The maximum absolute atomic E-state index is 12.8. The van der Waals surface area contributed by atoms with Gasteiger partial charge < -0.3 is 10.3 Å². The molecule has 118 valence electrons. The van der Waals surface area contributed by atoms with Crippen LogP contribution in [-0.4, -0.2) is 15.3 Å². The number of anilines is 1. The van der Waals surface area contributed by atoms with E-state index in [1.54, 1.807) is 4.57 Å². The van der Waals surface area contributed by atoms with Gasteiger partial charge in [-0.1, -0.05) is 0 Å². The number of benzene rings is 1. The van der Waals surface area contributed by atoms with Crippen molar-refractivity contribution in [3.63, 3.8) is 0 Å². The number of fused-ring (bicyclic) bond motifs is 5. The molecule has 3 aromatic rings. The van der Waals surface area contributed by atoms with E-state index < -0.39 is 0 Å². The van der Waals surface area contributed by atoms with E-state index in [1.807, 2.05) is 24.3 Å². The largest absolute Gasteiger partial charge is 0.399 e. The molecule has 3 heterocycles. The third-order valence-electron chi connectivity index (χ3n) is 5.02. The van der Waals surface area contributed by atoms with Gasteiger partial charge in [-0.15, -0.1) is 0 Å². The fourth-order valence-electron chi connectivity index (χ4n) is 3.83. The summed E-state index contributed by atoms with van der Waals surface area (Å²) in [6.45, 7) is 0.530. The summed E-state index contributed by atoms with van der Waals surface area (Å²) in [5.41, 5.74) is 11.8. The summed E-state index contributed by atoms with van der Waals surface area (Å²) in [6.07, 6.45) is 1.38. The summed E-state index contributed by atoms with van der Waals surface area (Å²) < 4.78 is 1.79. The molecule has 0 fully saturated rings. The number of ketones is 1. The van der Waals surface area contributed by atoms with Crippen LogP contribution < -0.4 is 11.3 Å². The van der Waals surface area contributed by atoms with Crippen LogP contribution in [0.15, 0.2) is 35.1 Å². The highest BCUT2D eigenvalue weighted by atomic mass is 16.1. The second-order valence-electron chi connectivity index (χ2n) is 6.59. The van der Waals surface area contributed by atoms with Crippen LogP contribution in [0, 0.1) is 0 Å². The monoisotopic (exact) mass is 317 g/mol. The lowest BCUT2D eigenvalue weighted by atomic mass is 9.91. The first kappa shape index (κ1) is 13.5. The van der Waals surface area contributed by atoms with E-state index in [-0.39, 0.29) is 11.3 Å². The van der Waals surface area contributed by atoms with Crippen molar-refractivity contribution in [2.24, 2.45) is 0 Å². The molecule has 2 aliphatic rings. The van der Waals surface area contributed by atoms with Gasteiger partial charge in [0.05, 0.1) is 23.4 Å². The summed E-state index contributed by atoms with van der Waals surface area (Å²) in [5.74, 6) is 0.201. The lowest BCUT2D eigenvalue weighted by Crippen LogP contribution is -2.28.